The van der Waals surface area contributed by atoms with Gasteiger partial charge in [0.2, 0.25) is 0 Å². The van der Waals surface area contributed by atoms with Crippen LogP contribution in [0.15, 0.2) is 18.2 Å². The number of nitro groups is 1. The maximum Gasteiger partial charge on any atom is 0.269 e. The van der Waals surface area contributed by atoms with Gasteiger partial charge in [-0.25, -0.2) is 0 Å². The molecule has 0 aliphatic carbocycles. The highest BCUT2D eigenvalue weighted by Crippen LogP contribution is 2.24. The van der Waals surface area contributed by atoms with Gasteiger partial charge in [0.15, 0.2) is 0 Å². The largest absolute Gasteiger partial charge is 0.324 e. The van der Waals surface area contributed by atoms with Gasteiger partial charge in [-0.1, -0.05) is 0 Å². The number of piperidine rings is 1. The van der Waals surface area contributed by atoms with E-state index in [9.17, 15) is 10.1 Å². The van der Waals surface area contributed by atoms with E-state index in [4.69, 9.17) is 5.84 Å². The summed E-state index contributed by atoms with van der Waals surface area (Å²) in [6.45, 7) is 2.66. The summed E-state index contributed by atoms with van der Waals surface area (Å²) in [6, 6.07) is 5.28. The highest BCUT2D eigenvalue weighted by Gasteiger charge is 2.22. The van der Waals surface area contributed by atoms with Crippen LogP contribution < -0.4 is 11.3 Å². The smallest absolute Gasteiger partial charge is 0.269 e. The molecule has 2 rings (SSSR count). The van der Waals surface area contributed by atoms with E-state index in [1.54, 1.807) is 12.1 Å². The summed E-state index contributed by atoms with van der Waals surface area (Å²) in [5.74, 6) is 5.51. The highest BCUT2D eigenvalue weighted by molar-refractivity contribution is 5.55. The number of hydrogen-bond donors (Lipinski definition) is 2. The zero-order valence-corrected chi connectivity index (χ0v) is 12.6. The van der Waals surface area contributed by atoms with E-state index < -0.39 is 0 Å². The van der Waals surface area contributed by atoms with E-state index >= 15 is 0 Å². The van der Waals surface area contributed by atoms with E-state index in [0.717, 1.165) is 30.8 Å². The first-order valence-corrected chi connectivity index (χ1v) is 7.14. The molecule has 3 N–H and O–H groups in total. The molecule has 1 heterocycles. The molecule has 1 saturated heterocycles. The number of anilines is 1. The van der Waals surface area contributed by atoms with Gasteiger partial charge in [-0.15, -0.1) is 0 Å². The lowest BCUT2D eigenvalue weighted by Crippen LogP contribution is -2.44. The first-order valence-electron chi connectivity index (χ1n) is 7.14. The Morgan fingerprint density at radius 1 is 1.52 bits per heavy atom. The molecule has 1 fully saturated rings. The molecular formula is C14H23N5O2. The maximum atomic E-state index is 10.9. The van der Waals surface area contributed by atoms with Crippen LogP contribution in [0, 0.1) is 10.1 Å². The number of nitro benzene ring substituents is 1. The number of benzene rings is 1. The van der Waals surface area contributed by atoms with Crippen molar-refractivity contribution in [2.24, 2.45) is 5.84 Å². The van der Waals surface area contributed by atoms with Gasteiger partial charge in [-0.2, -0.15) is 0 Å². The molecule has 0 aromatic heterocycles. The lowest BCUT2D eigenvalue weighted by molar-refractivity contribution is -0.384. The number of hydrogen-bond acceptors (Lipinski definition) is 6. The molecule has 1 aliphatic heterocycles. The van der Waals surface area contributed by atoms with Crippen molar-refractivity contribution in [3.63, 3.8) is 0 Å². The quantitative estimate of drug-likeness (QED) is 0.485. The first kappa shape index (κ1) is 15.7. The molecule has 0 radical (unpaired) electrons. The van der Waals surface area contributed by atoms with E-state index in [1.807, 2.05) is 0 Å². The Kier molecular flexibility index (Phi) is 5.11. The van der Waals surface area contributed by atoms with E-state index in [1.165, 1.54) is 12.5 Å². The normalized spacial score (nSPS) is 19.7. The molecule has 116 valence electrons. The van der Waals surface area contributed by atoms with Crippen molar-refractivity contribution in [1.82, 2.24) is 9.80 Å². The molecule has 1 aromatic rings. The van der Waals surface area contributed by atoms with E-state index in [0.29, 0.717) is 12.6 Å². The number of nitrogen functional groups attached to an aromatic ring is 1. The predicted molar refractivity (Wildman–Crippen MR) is 82.9 cm³/mol. The van der Waals surface area contributed by atoms with Gasteiger partial charge >= 0.3 is 0 Å². The number of non-ortho nitro benzene ring substituents is 1. The molecule has 1 unspecified atom stereocenters. The third kappa shape index (κ3) is 3.90. The van der Waals surface area contributed by atoms with Crippen LogP contribution in [0.3, 0.4) is 0 Å². The van der Waals surface area contributed by atoms with Crippen molar-refractivity contribution >= 4 is 11.4 Å². The number of nitrogens with zero attached hydrogens (tertiary/aromatic N) is 3. The van der Waals surface area contributed by atoms with Crippen LogP contribution in [-0.4, -0.2) is 47.9 Å². The van der Waals surface area contributed by atoms with Crippen molar-refractivity contribution in [3.8, 4) is 0 Å². The number of hydrazine groups is 1. The first-order chi connectivity index (χ1) is 10.0. The minimum absolute atomic E-state index is 0.102. The molecule has 0 bridgehead atoms. The van der Waals surface area contributed by atoms with Crippen molar-refractivity contribution in [2.45, 2.75) is 25.4 Å². The van der Waals surface area contributed by atoms with Crippen LogP contribution in [0.4, 0.5) is 11.4 Å². The number of nitrogens with one attached hydrogen (secondary N) is 1. The standard InChI is InChI=1S/C14H23N5O2/c1-17(2)13-4-3-7-18(10-13)9-11-8-12(19(20)21)5-6-14(11)16-15/h5-6,8,13,16H,3-4,7,9-10,15H2,1-2H3. The molecule has 1 atom stereocenters. The number of likely N-dealkylation sites (N-methyl/N-ethyl adjacent to an activating group) is 1. The summed E-state index contributed by atoms with van der Waals surface area (Å²) in [4.78, 5) is 15.1. The van der Waals surface area contributed by atoms with Crippen LogP contribution in [0.1, 0.15) is 18.4 Å². The molecular weight excluding hydrogens is 270 g/mol. The third-order valence-electron chi connectivity index (χ3n) is 4.06. The minimum atomic E-state index is -0.372. The highest BCUT2D eigenvalue weighted by atomic mass is 16.6. The van der Waals surface area contributed by atoms with Crippen LogP contribution in [0.5, 0.6) is 0 Å². The predicted octanol–water partition coefficient (Wildman–Crippen LogP) is 1.41. The Morgan fingerprint density at radius 3 is 2.90 bits per heavy atom. The summed E-state index contributed by atoms with van der Waals surface area (Å²) >= 11 is 0. The van der Waals surface area contributed by atoms with E-state index in [-0.39, 0.29) is 10.6 Å². The monoisotopic (exact) mass is 293 g/mol. The van der Waals surface area contributed by atoms with Gasteiger partial charge in [-0.3, -0.25) is 20.9 Å². The molecule has 1 aliphatic rings. The summed E-state index contributed by atoms with van der Waals surface area (Å²) in [5.41, 5.74) is 4.34. The molecule has 7 heteroatoms. The second kappa shape index (κ2) is 6.84. The lowest BCUT2D eigenvalue weighted by atomic mass is 10.0. The molecule has 7 nitrogen and oxygen atoms in total. The Labute approximate surface area is 124 Å². The van der Waals surface area contributed by atoms with Crippen molar-refractivity contribution in [2.75, 3.05) is 32.6 Å². The number of rotatable bonds is 5. The average molecular weight is 293 g/mol. The summed E-state index contributed by atoms with van der Waals surface area (Å²) in [5, 5.41) is 10.9. The van der Waals surface area contributed by atoms with Crippen LogP contribution in [0.2, 0.25) is 0 Å². The average Bonchev–Trinajstić information content (AvgIpc) is 2.47. The Hall–Kier alpha value is -1.70. The second-order valence-electron chi connectivity index (χ2n) is 5.74. The number of likely N-dealkylation sites (tertiary alicyclic amines) is 1. The Bertz CT molecular complexity index is 506. The summed E-state index contributed by atoms with van der Waals surface area (Å²) in [6.07, 6.45) is 2.34. The van der Waals surface area contributed by atoms with Gasteiger partial charge < -0.3 is 10.3 Å². The topological polar surface area (TPSA) is 87.7 Å². The molecule has 0 amide bonds. The molecule has 1 aromatic carbocycles. The molecule has 0 spiro atoms. The van der Waals surface area contributed by atoms with E-state index in [2.05, 4.69) is 29.3 Å². The SMILES string of the molecule is CN(C)C1CCCN(Cc2cc([N+](=O)[O-])ccc2NN)C1. The van der Waals surface area contributed by atoms with Crippen molar-refractivity contribution in [1.29, 1.82) is 0 Å². The van der Waals surface area contributed by atoms with Crippen molar-refractivity contribution < 1.29 is 4.92 Å². The van der Waals surface area contributed by atoms with Gasteiger partial charge in [0.05, 0.1) is 10.6 Å². The van der Waals surface area contributed by atoms with Crippen molar-refractivity contribution in [3.05, 3.63) is 33.9 Å². The molecule has 0 saturated carbocycles. The zero-order chi connectivity index (χ0) is 15.4. The zero-order valence-electron chi connectivity index (χ0n) is 12.6. The fraction of sp³-hybridized carbons (Fsp3) is 0.571. The Balaban J connectivity index is 2.14. The minimum Gasteiger partial charge on any atom is -0.324 e. The van der Waals surface area contributed by atoms with Crippen LogP contribution >= 0.6 is 0 Å². The van der Waals surface area contributed by atoms with Crippen LogP contribution in [-0.2, 0) is 6.54 Å². The molecule has 21 heavy (non-hydrogen) atoms. The van der Waals surface area contributed by atoms with Crippen LogP contribution in [0.25, 0.3) is 0 Å². The fourth-order valence-electron chi connectivity index (χ4n) is 2.80. The summed E-state index contributed by atoms with van der Waals surface area (Å²) < 4.78 is 0. The van der Waals surface area contributed by atoms with Gasteiger partial charge in [0.25, 0.3) is 5.69 Å². The number of nitrogens with two attached hydrogens (primary N) is 1. The maximum absolute atomic E-state index is 10.9. The van der Waals surface area contributed by atoms with Gasteiger partial charge in [0.1, 0.15) is 0 Å². The third-order valence-corrected chi connectivity index (χ3v) is 4.06. The summed E-state index contributed by atoms with van der Waals surface area (Å²) in [7, 11) is 4.18. The second-order valence-corrected chi connectivity index (χ2v) is 5.74. The van der Waals surface area contributed by atoms with Gasteiger partial charge in [0, 0.05) is 31.3 Å². The Morgan fingerprint density at radius 2 is 2.29 bits per heavy atom. The fourth-order valence-corrected chi connectivity index (χ4v) is 2.80. The lowest BCUT2D eigenvalue weighted by Gasteiger charge is -2.36. The van der Waals surface area contributed by atoms with Gasteiger partial charge in [-0.05, 0) is 45.1 Å².